The van der Waals surface area contributed by atoms with Crippen LogP contribution in [-0.2, 0) is 0 Å². The normalized spacial score (nSPS) is 10.6. The minimum atomic E-state index is -1.08. The highest BCUT2D eigenvalue weighted by atomic mass is 16.4. The third-order valence-electron chi connectivity index (χ3n) is 3.33. The van der Waals surface area contributed by atoms with Gasteiger partial charge in [-0.2, -0.15) is 0 Å². The zero-order chi connectivity index (χ0) is 15.7. The number of anilines is 1. The molecule has 0 aliphatic rings. The van der Waals surface area contributed by atoms with Gasteiger partial charge in [0.05, 0.1) is 11.9 Å². The summed E-state index contributed by atoms with van der Waals surface area (Å²) in [4.78, 5) is 22.4. The van der Waals surface area contributed by atoms with Crippen molar-refractivity contribution in [1.29, 1.82) is 5.41 Å². The Labute approximate surface area is 125 Å². The third kappa shape index (κ3) is 2.18. The number of carbonyl (C=O) groups is 1. The van der Waals surface area contributed by atoms with E-state index in [9.17, 15) is 4.79 Å². The highest BCUT2D eigenvalue weighted by Crippen LogP contribution is 2.20. The number of aromatic carboxylic acids is 1. The molecule has 0 fully saturated rings. The number of nitrogens with one attached hydrogen (secondary N) is 3. The van der Waals surface area contributed by atoms with Gasteiger partial charge in [0, 0.05) is 24.5 Å². The molecule has 3 aromatic rings. The molecule has 0 saturated carbocycles. The molecule has 7 heteroatoms. The lowest BCUT2D eigenvalue weighted by Crippen LogP contribution is -2.08. The van der Waals surface area contributed by atoms with Crippen LogP contribution in [0, 0.1) is 5.41 Å². The fourth-order valence-electron chi connectivity index (χ4n) is 2.23. The van der Waals surface area contributed by atoms with Gasteiger partial charge in [0.15, 0.2) is 5.65 Å². The van der Waals surface area contributed by atoms with Crippen molar-refractivity contribution in [2.45, 2.75) is 0 Å². The number of aromatic amines is 1. The van der Waals surface area contributed by atoms with Crippen LogP contribution < -0.4 is 5.32 Å². The van der Waals surface area contributed by atoms with Crippen LogP contribution in [0.4, 0.5) is 5.69 Å². The molecule has 0 amide bonds. The molecular weight excluding hydrogens is 282 g/mol. The highest BCUT2D eigenvalue weighted by molar-refractivity contribution is 6.13. The van der Waals surface area contributed by atoms with E-state index in [0.29, 0.717) is 16.9 Å². The van der Waals surface area contributed by atoms with Crippen molar-refractivity contribution in [3.63, 3.8) is 0 Å². The Morgan fingerprint density at radius 2 is 2.09 bits per heavy atom. The quantitative estimate of drug-likeness (QED) is 0.550. The highest BCUT2D eigenvalue weighted by Gasteiger charge is 2.16. The van der Waals surface area contributed by atoms with Crippen LogP contribution >= 0.6 is 0 Å². The number of fused-ring (bicyclic) bond motifs is 1. The van der Waals surface area contributed by atoms with Crippen LogP contribution in [-0.4, -0.2) is 38.8 Å². The molecule has 2 heterocycles. The van der Waals surface area contributed by atoms with Crippen molar-refractivity contribution in [3.8, 4) is 0 Å². The van der Waals surface area contributed by atoms with E-state index in [1.165, 1.54) is 12.4 Å². The number of carboxylic acid groups (broad SMARTS) is 1. The van der Waals surface area contributed by atoms with Crippen LogP contribution in [0.5, 0.6) is 0 Å². The summed E-state index contributed by atoms with van der Waals surface area (Å²) in [6, 6.07) is 7.35. The topological polar surface area (TPSA) is 115 Å². The molecule has 7 nitrogen and oxygen atoms in total. The number of H-pyrrole nitrogens is 1. The molecule has 22 heavy (non-hydrogen) atoms. The maximum atomic E-state index is 11.2. The summed E-state index contributed by atoms with van der Waals surface area (Å²) in [6.45, 7) is 0. The van der Waals surface area contributed by atoms with Crippen LogP contribution in [0.2, 0.25) is 0 Å². The van der Waals surface area contributed by atoms with Gasteiger partial charge in [0.2, 0.25) is 0 Å². The van der Waals surface area contributed by atoms with Crippen molar-refractivity contribution in [2.75, 3.05) is 12.4 Å². The zero-order valence-corrected chi connectivity index (χ0v) is 11.7. The molecule has 0 bridgehead atoms. The second-order valence-electron chi connectivity index (χ2n) is 4.63. The third-order valence-corrected chi connectivity index (χ3v) is 3.33. The molecule has 0 atom stereocenters. The number of aromatic nitrogens is 3. The van der Waals surface area contributed by atoms with E-state index in [1.807, 2.05) is 18.2 Å². The molecule has 0 saturated heterocycles. The standard InChI is InChI=1S/C15H13N5O2/c1-17-10-5-3-2-4-8(10)12(16)11-7-19-14-13(20-11)9(6-18-14)15(21)22/h2-7,16-17H,1H3,(H,18,19)(H,21,22). The van der Waals surface area contributed by atoms with Crippen molar-refractivity contribution in [3.05, 3.63) is 53.5 Å². The number of carboxylic acids is 1. The number of para-hydroxylation sites is 1. The lowest BCUT2D eigenvalue weighted by Gasteiger charge is -2.09. The second-order valence-corrected chi connectivity index (χ2v) is 4.63. The average molecular weight is 295 g/mol. The van der Waals surface area contributed by atoms with Crippen molar-refractivity contribution in [2.24, 2.45) is 0 Å². The molecule has 0 aliphatic heterocycles. The summed E-state index contributed by atoms with van der Waals surface area (Å²) in [6.07, 6.45) is 2.81. The number of hydrogen-bond acceptors (Lipinski definition) is 5. The Balaban J connectivity index is 2.11. The Morgan fingerprint density at radius 1 is 1.32 bits per heavy atom. The van der Waals surface area contributed by atoms with E-state index in [-0.39, 0.29) is 16.8 Å². The predicted molar refractivity (Wildman–Crippen MR) is 82.8 cm³/mol. The zero-order valence-electron chi connectivity index (χ0n) is 11.7. The summed E-state index contributed by atoms with van der Waals surface area (Å²) < 4.78 is 0. The van der Waals surface area contributed by atoms with E-state index in [1.54, 1.807) is 13.1 Å². The smallest absolute Gasteiger partial charge is 0.339 e. The Morgan fingerprint density at radius 3 is 2.82 bits per heavy atom. The van der Waals surface area contributed by atoms with Gasteiger partial charge in [-0.05, 0) is 6.07 Å². The molecule has 0 radical (unpaired) electrons. The summed E-state index contributed by atoms with van der Waals surface area (Å²) in [5, 5.41) is 20.5. The Bertz CT molecular complexity index is 885. The molecule has 110 valence electrons. The number of benzene rings is 1. The van der Waals surface area contributed by atoms with Crippen molar-refractivity contribution in [1.82, 2.24) is 15.0 Å². The molecule has 1 aromatic carbocycles. The Kier molecular flexibility index (Phi) is 3.30. The molecule has 3 rings (SSSR count). The second kappa shape index (κ2) is 5.28. The van der Waals surface area contributed by atoms with Crippen LogP contribution in [0.25, 0.3) is 11.2 Å². The average Bonchev–Trinajstić information content (AvgIpc) is 2.97. The number of hydrogen-bond donors (Lipinski definition) is 4. The largest absolute Gasteiger partial charge is 0.478 e. The minimum Gasteiger partial charge on any atom is -0.478 e. The van der Waals surface area contributed by atoms with Gasteiger partial charge in [0.25, 0.3) is 0 Å². The molecule has 2 aromatic heterocycles. The first-order chi connectivity index (χ1) is 10.6. The molecular formula is C15H13N5O2. The summed E-state index contributed by atoms with van der Waals surface area (Å²) in [5.74, 6) is -1.08. The Hall–Kier alpha value is -3.22. The van der Waals surface area contributed by atoms with Crippen molar-refractivity contribution >= 4 is 28.5 Å². The van der Waals surface area contributed by atoms with Crippen LogP contribution in [0.3, 0.4) is 0 Å². The first-order valence-corrected chi connectivity index (χ1v) is 6.55. The molecule has 4 N–H and O–H groups in total. The number of rotatable bonds is 4. The van der Waals surface area contributed by atoms with Gasteiger partial charge in [-0.3, -0.25) is 5.41 Å². The lowest BCUT2D eigenvalue weighted by atomic mass is 10.1. The fourth-order valence-corrected chi connectivity index (χ4v) is 2.23. The van der Waals surface area contributed by atoms with Gasteiger partial charge in [-0.15, -0.1) is 0 Å². The SMILES string of the molecule is CNc1ccccc1C(=N)c1cnc2[nH]cc(C(=O)O)c2n1. The van der Waals surface area contributed by atoms with Crippen molar-refractivity contribution < 1.29 is 9.90 Å². The van der Waals surface area contributed by atoms with E-state index in [4.69, 9.17) is 10.5 Å². The van der Waals surface area contributed by atoms with Gasteiger partial charge in [0.1, 0.15) is 16.8 Å². The maximum Gasteiger partial charge on any atom is 0.339 e. The van der Waals surface area contributed by atoms with Gasteiger partial charge in [-0.25, -0.2) is 14.8 Å². The first kappa shape index (κ1) is 13.7. The minimum absolute atomic E-state index is 0.0408. The molecule has 0 aliphatic carbocycles. The van der Waals surface area contributed by atoms with Gasteiger partial charge < -0.3 is 15.4 Å². The molecule has 0 unspecified atom stereocenters. The van der Waals surface area contributed by atoms with Gasteiger partial charge >= 0.3 is 5.97 Å². The van der Waals surface area contributed by atoms with E-state index in [2.05, 4.69) is 20.3 Å². The summed E-state index contributed by atoms with van der Waals surface area (Å²) in [5.41, 5.74) is 2.63. The van der Waals surface area contributed by atoms with E-state index in [0.717, 1.165) is 5.69 Å². The van der Waals surface area contributed by atoms with E-state index < -0.39 is 5.97 Å². The predicted octanol–water partition coefficient (Wildman–Crippen LogP) is 2.11. The van der Waals surface area contributed by atoms with Crippen LogP contribution in [0.1, 0.15) is 21.6 Å². The summed E-state index contributed by atoms with van der Waals surface area (Å²) >= 11 is 0. The van der Waals surface area contributed by atoms with Gasteiger partial charge in [-0.1, -0.05) is 18.2 Å². The first-order valence-electron chi connectivity index (χ1n) is 6.55. The maximum absolute atomic E-state index is 11.2. The van der Waals surface area contributed by atoms with E-state index >= 15 is 0 Å². The van der Waals surface area contributed by atoms with Crippen LogP contribution in [0.15, 0.2) is 36.7 Å². The number of nitrogens with zero attached hydrogens (tertiary/aromatic N) is 2. The monoisotopic (exact) mass is 295 g/mol. The lowest BCUT2D eigenvalue weighted by molar-refractivity contribution is 0.0699. The fraction of sp³-hybridized carbons (Fsp3) is 0.0667. The summed E-state index contributed by atoms with van der Waals surface area (Å²) in [7, 11) is 1.77. The molecule has 0 spiro atoms.